The van der Waals surface area contributed by atoms with E-state index in [1.807, 2.05) is 0 Å². The largest absolute Gasteiger partial charge is 0.414 e. The molecule has 3 atom stereocenters. The van der Waals surface area contributed by atoms with E-state index in [-0.39, 0.29) is 16.6 Å². The first kappa shape index (κ1) is 19.6. The molecule has 0 amide bonds. The Morgan fingerprint density at radius 3 is 2.41 bits per heavy atom. The van der Waals surface area contributed by atoms with E-state index in [1.54, 1.807) is 7.11 Å². The second-order valence-electron chi connectivity index (χ2n) is 8.06. The zero-order valence-corrected chi connectivity index (χ0v) is 16.4. The first-order chi connectivity index (χ1) is 10.1. The minimum atomic E-state index is -1.79. The molecule has 0 aliphatic heterocycles. The highest BCUT2D eigenvalue weighted by Crippen LogP contribution is 2.52. The number of nitriles is 1. The van der Waals surface area contributed by atoms with E-state index in [2.05, 4.69) is 46.9 Å². The van der Waals surface area contributed by atoms with Crippen molar-refractivity contribution in [1.82, 2.24) is 0 Å². The molecule has 0 saturated heterocycles. The van der Waals surface area contributed by atoms with Gasteiger partial charge < -0.3 is 13.9 Å². The number of hydrogen-bond donors (Lipinski definition) is 0. The molecule has 1 aliphatic rings. The number of hydrogen-bond acceptors (Lipinski definition) is 4. The molecule has 1 fully saturated rings. The van der Waals surface area contributed by atoms with E-state index in [0.29, 0.717) is 19.3 Å². The van der Waals surface area contributed by atoms with Crippen molar-refractivity contribution in [2.24, 2.45) is 11.3 Å². The Morgan fingerprint density at radius 1 is 1.36 bits per heavy atom. The van der Waals surface area contributed by atoms with Gasteiger partial charge in [-0.2, -0.15) is 5.26 Å². The SMILES string of the molecule is COCOCC[C@@]1(C#N)CC[C@H]1C(C)O[Si](C)(C)C(C)(C)C. The molecule has 0 aromatic carbocycles. The fourth-order valence-corrected chi connectivity index (χ4v) is 4.42. The van der Waals surface area contributed by atoms with Crippen molar-refractivity contribution in [3.63, 3.8) is 0 Å². The summed E-state index contributed by atoms with van der Waals surface area (Å²) >= 11 is 0. The molecule has 1 unspecified atom stereocenters. The predicted molar refractivity (Wildman–Crippen MR) is 91.0 cm³/mol. The van der Waals surface area contributed by atoms with Gasteiger partial charge in [0.05, 0.1) is 18.1 Å². The summed E-state index contributed by atoms with van der Waals surface area (Å²) in [7, 11) is -0.181. The lowest BCUT2D eigenvalue weighted by Gasteiger charge is -2.50. The molecule has 4 nitrogen and oxygen atoms in total. The Hall–Kier alpha value is -0.413. The van der Waals surface area contributed by atoms with E-state index in [0.717, 1.165) is 19.3 Å². The van der Waals surface area contributed by atoms with Crippen LogP contribution in [-0.4, -0.2) is 34.9 Å². The van der Waals surface area contributed by atoms with Crippen LogP contribution in [0.2, 0.25) is 18.1 Å². The van der Waals surface area contributed by atoms with Crippen molar-refractivity contribution in [2.45, 2.75) is 71.2 Å². The maximum atomic E-state index is 9.69. The molecular formula is C17H33NO3Si. The average Bonchev–Trinajstić information content (AvgIpc) is 2.35. The van der Waals surface area contributed by atoms with E-state index in [4.69, 9.17) is 13.9 Å². The molecule has 0 aromatic heterocycles. The first-order valence-electron chi connectivity index (χ1n) is 8.25. The first-order valence-corrected chi connectivity index (χ1v) is 11.2. The Morgan fingerprint density at radius 2 is 2.00 bits per heavy atom. The summed E-state index contributed by atoms with van der Waals surface area (Å²) in [5.41, 5.74) is -0.282. The molecular weight excluding hydrogens is 294 g/mol. The van der Waals surface area contributed by atoms with Crippen molar-refractivity contribution in [2.75, 3.05) is 20.5 Å². The van der Waals surface area contributed by atoms with Crippen molar-refractivity contribution in [1.29, 1.82) is 5.26 Å². The van der Waals surface area contributed by atoms with Gasteiger partial charge in [-0.3, -0.25) is 0 Å². The highest BCUT2D eigenvalue weighted by atomic mass is 28.4. The van der Waals surface area contributed by atoms with E-state index >= 15 is 0 Å². The fraction of sp³-hybridized carbons (Fsp3) is 0.941. The van der Waals surface area contributed by atoms with Crippen LogP contribution in [0.4, 0.5) is 0 Å². The zero-order valence-electron chi connectivity index (χ0n) is 15.4. The number of methoxy groups -OCH3 is 1. The number of nitrogens with zero attached hydrogens (tertiary/aromatic N) is 1. The minimum Gasteiger partial charge on any atom is -0.414 e. The van der Waals surface area contributed by atoms with E-state index < -0.39 is 8.32 Å². The summed E-state index contributed by atoms with van der Waals surface area (Å²) < 4.78 is 16.8. The normalized spacial score (nSPS) is 27.1. The van der Waals surface area contributed by atoms with Gasteiger partial charge in [-0.1, -0.05) is 20.8 Å². The topological polar surface area (TPSA) is 51.5 Å². The third kappa shape index (κ3) is 4.32. The molecule has 1 rings (SSSR count). The van der Waals surface area contributed by atoms with Crippen LogP contribution in [0.15, 0.2) is 0 Å². The van der Waals surface area contributed by atoms with Gasteiger partial charge in [-0.05, 0) is 44.3 Å². The minimum absolute atomic E-state index is 0.136. The Bertz CT molecular complexity index is 400. The summed E-state index contributed by atoms with van der Waals surface area (Å²) in [5, 5.41) is 9.89. The van der Waals surface area contributed by atoms with Crippen LogP contribution >= 0.6 is 0 Å². The van der Waals surface area contributed by atoms with Crippen LogP contribution in [0.25, 0.3) is 0 Å². The van der Waals surface area contributed by atoms with Crippen LogP contribution in [0.1, 0.15) is 47.0 Å². The van der Waals surface area contributed by atoms with Gasteiger partial charge in [0.2, 0.25) is 0 Å². The van der Waals surface area contributed by atoms with Crippen LogP contribution in [0.5, 0.6) is 0 Å². The predicted octanol–water partition coefficient (Wildman–Crippen LogP) is 4.33. The highest BCUT2D eigenvalue weighted by Gasteiger charge is 2.51. The molecule has 1 aliphatic carbocycles. The summed E-state index contributed by atoms with van der Waals surface area (Å²) in [4.78, 5) is 0. The molecule has 5 heteroatoms. The molecule has 1 saturated carbocycles. The zero-order chi connectivity index (χ0) is 17.0. The maximum absolute atomic E-state index is 9.69. The lowest BCUT2D eigenvalue weighted by Crippen LogP contribution is -2.51. The van der Waals surface area contributed by atoms with Crippen LogP contribution in [-0.2, 0) is 13.9 Å². The number of ether oxygens (including phenoxy) is 2. The molecule has 22 heavy (non-hydrogen) atoms. The third-order valence-corrected chi connectivity index (χ3v) is 10.2. The molecule has 0 spiro atoms. The van der Waals surface area contributed by atoms with Crippen molar-refractivity contribution >= 4 is 8.32 Å². The van der Waals surface area contributed by atoms with Crippen molar-refractivity contribution in [3.05, 3.63) is 0 Å². The summed E-state index contributed by atoms with van der Waals surface area (Å²) in [5.74, 6) is 0.317. The van der Waals surface area contributed by atoms with Crippen molar-refractivity contribution < 1.29 is 13.9 Å². The van der Waals surface area contributed by atoms with Gasteiger partial charge in [0.1, 0.15) is 6.79 Å². The fourth-order valence-electron chi connectivity index (χ4n) is 2.97. The molecule has 128 valence electrons. The highest BCUT2D eigenvalue weighted by molar-refractivity contribution is 6.74. The molecule has 0 aromatic rings. The summed E-state index contributed by atoms with van der Waals surface area (Å²) in [6.07, 6.45) is 2.93. The van der Waals surface area contributed by atoms with Gasteiger partial charge in [0.15, 0.2) is 8.32 Å². The van der Waals surface area contributed by atoms with Crippen molar-refractivity contribution in [3.8, 4) is 6.07 Å². The summed E-state index contributed by atoms with van der Waals surface area (Å²) in [6, 6.07) is 2.56. The second-order valence-corrected chi connectivity index (χ2v) is 12.8. The monoisotopic (exact) mass is 327 g/mol. The smallest absolute Gasteiger partial charge is 0.192 e. The molecule has 0 radical (unpaired) electrons. The van der Waals surface area contributed by atoms with Crippen LogP contribution in [0.3, 0.4) is 0 Å². The lowest BCUT2D eigenvalue weighted by molar-refractivity contribution is -0.0660. The lowest BCUT2D eigenvalue weighted by atomic mass is 9.57. The third-order valence-electron chi connectivity index (χ3n) is 5.58. The Kier molecular flexibility index (Phi) is 6.64. The van der Waals surface area contributed by atoms with E-state index in [9.17, 15) is 5.26 Å². The maximum Gasteiger partial charge on any atom is 0.192 e. The van der Waals surface area contributed by atoms with Gasteiger partial charge in [-0.25, -0.2) is 0 Å². The van der Waals surface area contributed by atoms with E-state index in [1.165, 1.54) is 0 Å². The van der Waals surface area contributed by atoms with Gasteiger partial charge in [0.25, 0.3) is 0 Å². The van der Waals surface area contributed by atoms with Crippen LogP contribution in [0, 0.1) is 22.7 Å². The molecule has 0 bridgehead atoms. The van der Waals surface area contributed by atoms with Gasteiger partial charge >= 0.3 is 0 Å². The molecule has 0 heterocycles. The standard InChI is InChI=1S/C17H33NO3Si/c1-14(21-22(6,7)16(2,3)4)15-8-9-17(15,12-18)10-11-20-13-19-5/h14-15H,8-11,13H2,1-7H3/t14?,15-,17+/m0/s1. The summed E-state index contributed by atoms with van der Waals surface area (Å²) in [6.45, 7) is 14.3. The van der Waals surface area contributed by atoms with Gasteiger partial charge in [-0.15, -0.1) is 0 Å². The molecule has 0 N–H and O–H groups in total. The van der Waals surface area contributed by atoms with Gasteiger partial charge in [0, 0.05) is 19.1 Å². The number of rotatable bonds is 8. The second kappa shape index (κ2) is 7.44. The van der Waals surface area contributed by atoms with Crippen LogP contribution < -0.4 is 0 Å². The quantitative estimate of drug-likeness (QED) is 0.378. The Labute approximate surface area is 137 Å². The average molecular weight is 328 g/mol. The Balaban J connectivity index is 2.65.